The molecule has 30 heavy (non-hydrogen) atoms. The standard InChI is InChI=1S/C21H19ClN4O4/c1-12(27)13-3-2-4-16(9-13)26-20(29)17-11-15(6-8-25(17)21(26)30)24-19(28)14-5-7-23-18(22)10-14/h2-5,7,9-10,15,17H,6,8,11H2,1H3,(H,24,28)/t15-,17-/m0/s1. The van der Waals surface area contributed by atoms with E-state index in [1.165, 1.54) is 24.1 Å². The van der Waals surface area contributed by atoms with E-state index >= 15 is 0 Å². The van der Waals surface area contributed by atoms with Crippen molar-refractivity contribution in [1.29, 1.82) is 0 Å². The fraction of sp³-hybridized carbons (Fsp3) is 0.286. The van der Waals surface area contributed by atoms with Gasteiger partial charge in [0.2, 0.25) is 0 Å². The molecule has 0 aliphatic carbocycles. The number of carbonyl (C=O) groups is 4. The Morgan fingerprint density at radius 2 is 1.97 bits per heavy atom. The molecule has 4 rings (SSSR count). The Bertz CT molecular complexity index is 1060. The minimum absolute atomic E-state index is 0.146. The van der Waals surface area contributed by atoms with Crippen LogP contribution in [0.5, 0.6) is 0 Å². The molecule has 3 heterocycles. The summed E-state index contributed by atoms with van der Waals surface area (Å²) in [6.07, 6.45) is 2.30. The van der Waals surface area contributed by atoms with Crippen LogP contribution in [0.4, 0.5) is 10.5 Å². The zero-order valence-electron chi connectivity index (χ0n) is 16.2. The molecule has 1 aromatic heterocycles. The lowest BCUT2D eigenvalue weighted by Crippen LogP contribution is -2.49. The van der Waals surface area contributed by atoms with Gasteiger partial charge >= 0.3 is 6.03 Å². The fourth-order valence-corrected chi connectivity index (χ4v) is 4.02. The number of Topliss-reactive ketones (excluding diaryl/α,β-unsaturated/α-hetero) is 1. The number of nitrogens with one attached hydrogen (secondary N) is 1. The molecular formula is C21H19ClN4O4. The summed E-state index contributed by atoms with van der Waals surface area (Å²) in [5.41, 5.74) is 1.19. The van der Waals surface area contributed by atoms with Crippen LogP contribution in [0.2, 0.25) is 5.15 Å². The third-order valence-corrected chi connectivity index (χ3v) is 5.59. The number of rotatable bonds is 4. The van der Waals surface area contributed by atoms with Gasteiger partial charge in [-0.1, -0.05) is 23.7 Å². The Labute approximate surface area is 177 Å². The highest BCUT2D eigenvalue weighted by atomic mass is 35.5. The van der Waals surface area contributed by atoms with Crippen molar-refractivity contribution in [3.63, 3.8) is 0 Å². The van der Waals surface area contributed by atoms with Crippen LogP contribution in [0.3, 0.4) is 0 Å². The molecule has 0 saturated carbocycles. The molecule has 1 aromatic carbocycles. The summed E-state index contributed by atoms with van der Waals surface area (Å²) in [5, 5.41) is 3.13. The summed E-state index contributed by atoms with van der Waals surface area (Å²) in [6, 6.07) is 8.18. The van der Waals surface area contributed by atoms with Gasteiger partial charge in [0.15, 0.2) is 5.78 Å². The normalized spacial score (nSPS) is 20.9. The second kappa shape index (κ2) is 7.87. The van der Waals surface area contributed by atoms with Crippen LogP contribution < -0.4 is 10.2 Å². The lowest BCUT2D eigenvalue weighted by Gasteiger charge is -2.32. The summed E-state index contributed by atoms with van der Waals surface area (Å²) >= 11 is 5.84. The summed E-state index contributed by atoms with van der Waals surface area (Å²) in [4.78, 5) is 56.5. The zero-order chi connectivity index (χ0) is 21.4. The van der Waals surface area contributed by atoms with Gasteiger partial charge < -0.3 is 10.2 Å². The molecule has 2 saturated heterocycles. The van der Waals surface area contributed by atoms with Crippen molar-refractivity contribution >= 4 is 40.9 Å². The van der Waals surface area contributed by atoms with E-state index in [-0.39, 0.29) is 28.8 Å². The molecule has 9 heteroatoms. The molecule has 0 radical (unpaired) electrons. The van der Waals surface area contributed by atoms with Crippen LogP contribution in [-0.4, -0.2) is 52.1 Å². The number of pyridine rings is 1. The molecule has 2 aromatic rings. The van der Waals surface area contributed by atoms with Crippen LogP contribution in [-0.2, 0) is 4.79 Å². The Morgan fingerprint density at radius 3 is 2.70 bits per heavy atom. The van der Waals surface area contributed by atoms with Crippen molar-refractivity contribution in [2.24, 2.45) is 0 Å². The number of urea groups is 1. The van der Waals surface area contributed by atoms with Gasteiger partial charge in [0, 0.05) is 29.9 Å². The van der Waals surface area contributed by atoms with Crippen LogP contribution >= 0.6 is 11.6 Å². The van der Waals surface area contributed by atoms with E-state index < -0.39 is 12.1 Å². The maximum Gasteiger partial charge on any atom is 0.332 e. The van der Waals surface area contributed by atoms with E-state index in [0.29, 0.717) is 36.2 Å². The molecule has 2 aliphatic heterocycles. The number of benzene rings is 1. The first kappa shape index (κ1) is 20.0. The predicted molar refractivity (Wildman–Crippen MR) is 110 cm³/mol. The van der Waals surface area contributed by atoms with Gasteiger partial charge in [-0.15, -0.1) is 0 Å². The average molecular weight is 427 g/mol. The molecule has 8 nitrogen and oxygen atoms in total. The second-order valence-electron chi connectivity index (χ2n) is 7.33. The van der Waals surface area contributed by atoms with Gasteiger partial charge in [-0.2, -0.15) is 0 Å². The van der Waals surface area contributed by atoms with E-state index in [1.807, 2.05) is 0 Å². The largest absolute Gasteiger partial charge is 0.349 e. The first-order chi connectivity index (χ1) is 14.3. The zero-order valence-corrected chi connectivity index (χ0v) is 16.9. The second-order valence-corrected chi connectivity index (χ2v) is 7.72. The lowest BCUT2D eigenvalue weighted by molar-refractivity contribution is -0.120. The summed E-state index contributed by atoms with van der Waals surface area (Å²) in [6.45, 7) is 1.78. The molecule has 4 amide bonds. The highest BCUT2D eigenvalue weighted by molar-refractivity contribution is 6.29. The molecule has 1 N–H and O–H groups in total. The van der Waals surface area contributed by atoms with Crippen LogP contribution in [0.15, 0.2) is 42.6 Å². The summed E-state index contributed by atoms with van der Waals surface area (Å²) in [7, 11) is 0. The topological polar surface area (TPSA) is 99.7 Å². The number of imide groups is 1. The number of nitrogens with zero attached hydrogens (tertiary/aromatic N) is 3. The van der Waals surface area contributed by atoms with Crippen molar-refractivity contribution in [1.82, 2.24) is 15.2 Å². The van der Waals surface area contributed by atoms with Gasteiger partial charge in [0.1, 0.15) is 11.2 Å². The maximum absolute atomic E-state index is 13.0. The maximum atomic E-state index is 13.0. The number of aromatic nitrogens is 1. The lowest BCUT2D eigenvalue weighted by atomic mass is 9.97. The number of fused-ring (bicyclic) bond motifs is 1. The predicted octanol–water partition coefficient (Wildman–Crippen LogP) is 2.67. The van der Waals surface area contributed by atoms with Gasteiger partial charge in [-0.3, -0.25) is 14.4 Å². The smallest absolute Gasteiger partial charge is 0.332 e. The van der Waals surface area contributed by atoms with Gasteiger partial charge in [-0.05, 0) is 44.0 Å². The van der Waals surface area contributed by atoms with Gasteiger partial charge in [0.05, 0.1) is 5.69 Å². The monoisotopic (exact) mass is 426 g/mol. The Morgan fingerprint density at radius 1 is 1.17 bits per heavy atom. The first-order valence-electron chi connectivity index (χ1n) is 9.53. The number of piperidine rings is 1. The van der Waals surface area contributed by atoms with E-state index in [4.69, 9.17) is 11.6 Å². The summed E-state index contributed by atoms with van der Waals surface area (Å²) < 4.78 is 0. The number of anilines is 1. The van der Waals surface area contributed by atoms with Crippen molar-refractivity contribution in [3.8, 4) is 0 Å². The average Bonchev–Trinajstić information content (AvgIpc) is 2.98. The quantitative estimate of drug-likeness (QED) is 0.460. The number of hydrogen-bond acceptors (Lipinski definition) is 5. The molecule has 0 spiro atoms. The SMILES string of the molecule is CC(=O)c1cccc(N2C(=O)[C@@H]3C[C@@H](NC(=O)c4ccnc(Cl)c4)CCN3C2=O)c1. The number of hydrogen-bond donors (Lipinski definition) is 1. The Balaban J connectivity index is 1.50. The van der Waals surface area contributed by atoms with Crippen molar-refractivity contribution in [3.05, 3.63) is 58.9 Å². The molecule has 0 unspecified atom stereocenters. The third kappa shape index (κ3) is 3.66. The molecule has 2 atom stereocenters. The molecule has 2 fully saturated rings. The fourth-order valence-electron chi connectivity index (χ4n) is 3.85. The molecule has 0 bridgehead atoms. The van der Waals surface area contributed by atoms with Gasteiger partial charge in [0.25, 0.3) is 11.8 Å². The van der Waals surface area contributed by atoms with Crippen LogP contribution in [0.25, 0.3) is 0 Å². The van der Waals surface area contributed by atoms with Gasteiger partial charge in [-0.25, -0.2) is 14.7 Å². The highest BCUT2D eigenvalue weighted by Crippen LogP contribution is 2.31. The number of ketones is 1. The van der Waals surface area contributed by atoms with E-state index in [2.05, 4.69) is 10.3 Å². The molecule has 154 valence electrons. The Hall–Kier alpha value is -3.26. The van der Waals surface area contributed by atoms with Crippen LogP contribution in [0.1, 0.15) is 40.5 Å². The number of carbonyl (C=O) groups excluding carboxylic acids is 4. The van der Waals surface area contributed by atoms with Crippen LogP contribution in [0, 0.1) is 0 Å². The minimum Gasteiger partial charge on any atom is -0.349 e. The van der Waals surface area contributed by atoms with E-state index in [9.17, 15) is 19.2 Å². The number of halogens is 1. The summed E-state index contributed by atoms with van der Waals surface area (Å²) in [5.74, 6) is -0.806. The third-order valence-electron chi connectivity index (χ3n) is 5.38. The first-order valence-corrected chi connectivity index (χ1v) is 9.91. The van der Waals surface area contributed by atoms with E-state index in [1.54, 1.807) is 30.3 Å². The minimum atomic E-state index is -0.654. The van der Waals surface area contributed by atoms with Crippen molar-refractivity contribution in [2.75, 3.05) is 11.4 Å². The highest BCUT2D eigenvalue weighted by Gasteiger charge is 2.48. The van der Waals surface area contributed by atoms with Crippen molar-refractivity contribution in [2.45, 2.75) is 31.8 Å². The Kier molecular flexibility index (Phi) is 5.26. The molecule has 2 aliphatic rings. The van der Waals surface area contributed by atoms with E-state index in [0.717, 1.165) is 4.90 Å². The van der Waals surface area contributed by atoms with Crippen molar-refractivity contribution < 1.29 is 19.2 Å². The number of amides is 4. The molecular weight excluding hydrogens is 408 g/mol.